The van der Waals surface area contributed by atoms with Crippen molar-refractivity contribution in [2.75, 3.05) is 77.1 Å². The monoisotopic (exact) mass is 1540 g/mol. The number of aromatic amines is 3. The quantitative estimate of drug-likeness (QED) is 0.0343. The van der Waals surface area contributed by atoms with Gasteiger partial charge in [0.15, 0.2) is 29.0 Å². The number of anilines is 3. The zero-order valence-corrected chi connectivity index (χ0v) is 62.4. The van der Waals surface area contributed by atoms with Gasteiger partial charge in [0.1, 0.15) is 45.3 Å². The van der Waals surface area contributed by atoms with E-state index in [1.165, 1.54) is 22.8 Å². The van der Waals surface area contributed by atoms with Crippen LogP contribution in [-0.4, -0.2) is 147 Å². The molecule has 6 aromatic carbocycles. The molecular weight excluding hydrogens is 1460 g/mol. The molecule has 0 bridgehead atoms. The van der Waals surface area contributed by atoms with Crippen LogP contribution in [0.5, 0.6) is 34.5 Å². The van der Waals surface area contributed by atoms with E-state index in [-0.39, 0.29) is 76.0 Å². The van der Waals surface area contributed by atoms with Gasteiger partial charge in [0.05, 0.1) is 47.4 Å². The van der Waals surface area contributed by atoms with E-state index in [4.69, 9.17) is 38.0 Å². The molecule has 1 saturated carbocycles. The van der Waals surface area contributed by atoms with Gasteiger partial charge >= 0.3 is 0 Å². The number of benzene rings is 6. The third kappa shape index (κ3) is 17.1. The van der Waals surface area contributed by atoms with E-state index in [1.807, 2.05) is 144 Å². The number of hydrogen-bond donors (Lipinski definition) is 6. The molecule has 4 aliphatic rings. The van der Waals surface area contributed by atoms with Gasteiger partial charge in [0.25, 0.3) is 28.5 Å². The summed E-state index contributed by atoms with van der Waals surface area (Å²) in [6, 6.07) is 45.8. The number of aromatic nitrogens is 9. The number of carbonyl (C=O) groups is 3. The molecular formula is C85H82F3N17O9. The summed E-state index contributed by atoms with van der Waals surface area (Å²) >= 11 is 0. The number of nitrogen functional groups attached to an aromatic ring is 3. The van der Waals surface area contributed by atoms with Gasteiger partial charge in [-0.05, 0) is 154 Å². The number of nitrogens with one attached hydrogen (secondary N) is 3. The number of hydrogen-bond acceptors (Lipinski definition) is 16. The van der Waals surface area contributed by atoms with Crippen molar-refractivity contribution in [3.8, 4) is 67.9 Å². The highest BCUT2D eigenvalue weighted by Gasteiger charge is 2.43. The summed E-state index contributed by atoms with van der Waals surface area (Å²) in [5, 5.41) is 20.8. The van der Waals surface area contributed by atoms with E-state index < -0.39 is 42.2 Å². The minimum Gasteiger partial charge on any atom is -0.457 e. The summed E-state index contributed by atoms with van der Waals surface area (Å²) < 4.78 is 66.7. The van der Waals surface area contributed by atoms with Crippen LogP contribution in [0.2, 0.25) is 0 Å². The van der Waals surface area contributed by atoms with Gasteiger partial charge in [-0.2, -0.15) is 15.3 Å². The van der Waals surface area contributed by atoms with Crippen LogP contribution in [0.4, 0.5) is 30.6 Å². The first kappa shape index (κ1) is 77.0. The number of nitrogens with two attached hydrogens (primary N) is 3. The zero-order chi connectivity index (χ0) is 79.9. The van der Waals surface area contributed by atoms with Gasteiger partial charge in [0.2, 0.25) is 17.5 Å². The lowest BCUT2D eigenvalue weighted by molar-refractivity contribution is -0.139. The standard InChI is InChI=1S/C30H28N6O3.C29H30F2N6O3.C26H24FN5O3/c1-32-25(16-19-9-10-19)30(38)35-15-5-6-21(17-35)36-18-24(26-27(36)29(37)34-33-28(26)31)20-11-13-23(14-12-20)39-22-7-3-2-4-8-22;1-35(2)14-6-9-24(38)36-16-20(15-29(30,31)18-36)37-17-23(25-26(37)28(39)34-33-27(25)32)19-10-12-22(13-11-19)40-21-7-4-3-5-8-21;1-2-22(33)31-13-5-6-17(14-31)32-15-19(23-24(32)26(34)30-29-25(23)28)16-9-11-18(12-10-16)35-21-8-4-3-7-20(21)27/h2-4,7-8,11-14,16,18-19,21H,5-6,9-10,15,17H2,(H2,31,33)(H,34,37);3-13,17,20H,14-16,18H2,1-2H3,(H2,32,33)(H,34,39);2-4,7-12,15,17H,1,5-6,13-14H2,(H2,28,29)(H,30,34)/b25-16-;9-6+;/t21-;20-;/m11./s1. The Morgan fingerprint density at radius 3 is 1.41 bits per heavy atom. The SMILES string of the molecule is C=CC(=O)N1CCCC(n2cc(-c3ccc(Oc4ccccc4F)cc3)c3c(N)n[nH]c(=O)c32)C1.CN(C)C/C=C/C(=O)N1C[C@H](n2cc(-c3ccc(Oc4ccccc4)cc3)c3c(N)n[nH]c(=O)c32)CC(F)(F)C1.[C-]#[N+]/C(=C\C1CC1)C(=O)N1CCC[C@@H](n2cc(-c3ccc(Oc4ccccc4)cc3)c3c(N)n[nH]c(=O)c32)C1. The predicted octanol–water partition coefficient (Wildman–Crippen LogP) is 13.7. The third-order valence-electron chi connectivity index (χ3n) is 20.4. The number of allylic oxidation sites excluding steroid dienone is 1. The second kappa shape index (κ2) is 33.4. The van der Waals surface area contributed by atoms with Crippen LogP contribution in [0.3, 0.4) is 0 Å². The van der Waals surface area contributed by atoms with Gasteiger partial charge in [-0.25, -0.2) is 33.3 Å². The van der Waals surface area contributed by atoms with Crippen molar-refractivity contribution < 1.29 is 41.8 Å². The van der Waals surface area contributed by atoms with Crippen molar-refractivity contribution in [3.05, 3.63) is 261 Å². The van der Waals surface area contributed by atoms with Crippen molar-refractivity contribution in [2.24, 2.45) is 5.92 Å². The Balaban J connectivity index is 0.000000142. The predicted molar refractivity (Wildman–Crippen MR) is 430 cm³/mol. The molecule has 6 aromatic heterocycles. The maximum absolute atomic E-state index is 15.0. The molecule has 114 heavy (non-hydrogen) atoms. The highest BCUT2D eigenvalue weighted by atomic mass is 19.3. The van der Waals surface area contributed by atoms with E-state index in [2.05, 4.69) is 42.0 Å². The fourth-order valence-electron chi connectivity index (χ4n) is 14.8. The maximum atomic E-state index is 15.0. The van der Waals surface area contributed by atoms with Crippen LogP contribution in [0.15, 0.2) is 227 Å². The number of carbonyl (C=O) groups excluding carboxylic acids is 3. The van der Waals surface area contributed by atoms with Crippen LogP contribution in [0.1, 0.15) is 63.1 Å². The number of alkyl halides is 2. The van der Waals surface area contributed by atoms with E-state index in [0.29, 0.717) is 100.0 Å². The average molecular weight is 1540 g/mol. The van der Waals surface area contributed by atoms with Crippen molar-refractivity contribution in [1.82, 2.24) is 63.9 Å². The largest absolute Gasteiger partial charge is 0.457 e. The number of ether oxygens (including phenoxy) is 3. The fourth-order valence-corrected chi connectivity index (χ4v) is 14.8. The molecule has 26 nitrogen and oxygen atoms in total. The molecule has 0 radical (unpaired) electrons. The molecule has 3 saturated heterocycles. The first-order valence-corrected chi connectivity index (χ1v) is 37.2. The zero-order valence-electron chi connectivity index (χ0n) is 62.4. The number of rotatable bonds is 18. The lowest BCUT2D eigenvalue weighted by Gasteiger charge is -2.38. The average Bonchev–Trinajstić information content (AvgIpc) is 1.60. The molecule has 9 heterocycles. The second-order valence-electron chi connectivity index (χ2n) is 28.7. The number of para-hydroxylation sites is 3. The minimum atomic E-state index is -3.15. The molecule has 0 spiro atoms. The molecule has 12 aromatic rings. The highest BCUT2D eigenvalue weighted by Crippen LogP contribution is 2.43. The second-order valence-corrected chi connectivity index (χ2v) is 28.7. The van der Waals surface area contributed by atoms with Gasteiger partial charge in [-0.15, -0.1) is 0 Å². The number of H-pyrrole nitrogens is 3. The first-order valence-electron chi connectivity index (χ1n) is 37.2. The van der Waals surface area contributed by atoms with Crippen LogP contribution in [0, 0.1) is 18.3 Å². The summed E-state index contributed by atoms with van der Waals surface area (Å²) in [5.41, 5.74) is 23.1. The molecule has 582 valence electrons. The molecule has 9 N–H and O–H groups in total. The van der Waals surface area contributed by atoms with Gasteiger partial charge in [0, 0.05) is 87.0 Å². The Hall–Kier alpha value is -13.8. The summed E-state index contributed by atoms with van der Waals surface area (Å²) in [5.74, 6) is -0.313. The van der Waals surface area contributed by atoms with E-state index in [9.17, 15) is 41.9 Å². The Kier molecular flexibility index (Phi) is 22.6. The van der Waals surface area contributed by atoms with E-state index in [0.717, 1.165) is 71.4 Å². The topological polar surface area (TPSA) is 326 Å². The number of piperidine rings is 3. The number of likely N-dealkylation sites (tertiary alicyclic amines) is 3. The molecule has 1 unspecified atom stereocenters. The molecule has 3 amide bonds. The smallest absolute Gasteiger partial charge is 0.288 e. The van der Waals surface area contributed by atoms with Crippen LogP contribution >= 0.6 is 0 Å². The summed E-state index contributed by atoms with van der Waals surface area (Å²) in [4.78, 5) is 87.0. The van der Waals surface area contributed by atoms with Crippen LogP contribution in [0.25, 0.3) is 70.9 Å². The van der Waals surface area contributed by atoms with Crippen LogP contribution < -0.4 is 48.1 Å². The van der Waals surface area contributed by atoms with Crippen molar-refractivity contribution in [3.63, 3.8) is 0 Å². The molecule has 1 aliphatic carbocycles. The van der Waals surface area contributed by atoms with E-state index in [1.54, 1.807) is 76.7 Å². The fraction of sp³-hybridized carbons (Fsp3) is 0.247. The minimum absolute atomic E-state index is 0.00939. The maximum Gasteiger partial charge on any atom is 0.288 e. The van der Waals surface area contributed by atoms with Crippen molar-refractivity contribution >= 4 is 67.9 Å². The number of amides is 3. The Labute approximate surface area is 651 Å². The number of fused-ring (bicyclic) bond motifs is 3. The van der Waals surface area contributed by atoms with Crippen molar-refractivity contribution in [1.29, 1.82) is 0 Å². The molecule has 4 fully saturated rings. The lowest BCUT2D eigenvalue weighted by Crippen LogP contribution is -2.49. The van der Waals surface area contributed by atoms with Gasteiger partial charge < -0.3 is 64.7 Å². The molecule has 3 aliphatic heterocycles. The normalized spacial score (nSPS) is 16.9. The summed E-state index contributed by atoms with van der Waals surface area (Å²) in [6.45, 7) is 13.0. The number of halogens is 3. The molecule has 3 atom stereocenters. The number of likely N-dealkylation sites (N-methyl/N-ethyl adjacent to an activating group) is 1. The Morgan fingerprint density at radius 1 is 0.561 bits per heavy atom. The highest BCUT2D eigenvalue weighted by molar-refractivity contribution is 6.04. The third-order valence-corrected chi connectivity index (χ3v) is 20.4. The number of nitrogens with zero attached hydrogens (tertiary/aromatic N) is 11. The lowest BCUT2D eigenvalue weighted by atomic mass is 10.0. The van der Waals surface area contributed by atoms with Crippen molar-refractivity contribution in [2.45, 2.75) is 69.0 Å². The van der Waals surface area contributed by atoms with Crippen LogP contribution in [-0.2, 0) is 14.4 Å². The molecule has 16 rings (SSSR count). The van der Waals surface area contributed by atoms with Gasteiger partial charge in [-0.1, -0.05) is 104 Å². The molecule has 29 heteroatoms. The van der Waals surface area contributed by atoms with Gasteiger partial charge in [-0.3, -0.25) is 28.8 Å². The Bertz CT molecular complexity index is 5870. The van der Waals surface area contributed by atoms with E-state index >= 15 is 0 Å². The Morgan fingerprint density at radius 2 is 0.974 bits per heavy atom. The summed E-state index contributed by atoms with van der Waals surface area (Å²) in [6.07, 6.45) is 16.2. The first-order chi connectivity index (χ1) is 55.1. The summed E-state index contributed by atoms with van der Waals surface area (Å²) in [7, 11) is 3.69.